The fourth-order valence-electron chi connectivity index (χ4n) is 3.49. The monoisotopic (exact) mass is 432 g/mol. The molecule has 0 unspecified atom stereocenters. The maximum absolute atomic E-state index is 12.5. The normalized spacial score (nSPS) is 15.2. The fourth-order valence-corrected chi connectivity index (χ4v) is 4.85. The van der Waals surface area contributed by atoms with Gasteiger partial charge in [-0.25, -0.2) is 4.79 Å². The number of non-ortho nitro benzene ring substituents is 1. The lowest BCUT2D eigenvalue weighted by molar-refractivity contribution is -0.384. The number of esters is 1. The number of nitro benzene ring substituents is 1. The Morgan fingerprint density at radius 2 is 2.00 bits per heavy atom. The van der Waals surface area contributed by atoms with Crippen LogP contribution in [0.3, 0.4) is 0 Å². The van der Waals surface area contributed by atoms with Crippen LogP contribution in [0.1, 0.15) is 47.5 Å². The lowest BCUT2D eigenvalue weighted by atomic mass is 9.85. The summed E-state index contributed by atoms with van der Waals surface area (Å²) in [6, 6.07) is 5.49. The average molecular weight is 432 g/mol. The van der Waals surface area contributed by atoms with Crippen LogP contribution in [0.5, 0.6) is 5.75 Å². The van der Waals surface area contributed by atoms with Gasteiger partial charge < -0.3 is 14.8 Å². The smallest absolute Gasteiger partial charge is 0.341 e. The minimum atomic E-state index is -0.505. The number of hydrogen-bond donors (Lipinski definition) is 1. The van der Waals surface area contributed by atoms with E-state index in [1.54, 1.807) is 6.92 Å². The summed E-state index contributed by atoms with van der Waals surface area (Å²) in [6.07, 6.45) is 3.80. The molecule has 8 nitrogen and oxygen atoms in total. The van der Waals surface area contributed by atoms with E-state index < -0.39 is 16.8 Å². The van der Waals surface area contributed by atoms with Crippen LogP contribution < -0.4 is 10.1 Å². The first kappa shape index (κ1) is 21.8. The zero-order valence-corrected chi connectivity index (χ0v) is 17.8. The van der Waals surface area contributed by atoms with Crippen molar-refractivity contribution in [1.29, 1.82) is 0 Å². The van der Waals surface area contributed by atoms with Gasteiger partial charge in [0.15, 0.2) is 6.61 Å². The molecule has 1 atom stereocenters. The average Bonchev–Trinajstić information content (AvgIpc) is 3.09. The quantitative estimate of drug-likeness (QED) is 0.377. The maximum atomic E-state index is 12.5. The van der Waals surface area contributed by atoms with Gasteiger partial charge in [-0.3, -0.25) is 14.9 Å². The van der Waals surface area contributed by atoms with Crippen molar-refractivity contribution in [3.63, 3.8) is 0 Å². The number of fused-ring (bicyclic) bond motifs is 1. The summed E-state index contributed by atoms with van der Waals surface area (Å²) < 4.78 is 10.6. The molecular formula is C21H24N2O6S. The Kier molecular flexibility index (Phi) is 7.04. The predicted molar refractivity (Wildman–Crippen MR) is 113 cm³/mol. The van der Waals surface area contributed by atoms with E-state index in [1.165, 1.54) is 35.6 Å². The second-order valence-electron chi connectivity index (χ2n) is 7.03. The van der Waals surface area contributed by atoms with E-state index in [0.29, 0.717) is 22.2 Å². The number of hydrogen-bond acceptors (Lipinski definition) is 7. The van der Waals surface area contributed by atoms with Crippen molar-refractivity contribution in [3.05, 3.63) is 50.4 Å². The van der Waals surface area contributed by atoms with Crippen LogP contribution in [0, 0.1) is 16.0 Å². The van der Waals surface area contributed by atoms with Gasteiger partial charge in [0, 0.05) is 17.0 Å². The number of nitrogens with one attached hydrogen (secondary N) is 1. The van der Waals surface area contributed by atoms with Crippen LogP contribution in [0.4, 0.5) is 10.7 Å². The number of carbonyl (C=O) groups excluding carboxylic acids is 2. The number of nitrogens with zero attached hydrogens (tertiary/aromatic N) is 1. The van der Waals surface area contributed by atoms with Crippen molar-refractivity contribution in [3.8, 4) is 5.75 Å². The summed E-state index contributed by atoms with van der Waals surface area (Å²) in [4.78, 5) is 36.3. The van der Waals surface area contributed by atoms with Crippen molar-refractivity contribution < 1.29 is 24.0 Å². The van der Waals surface area contributed by atoms with Crippen molar-refractivity contribution in [1.82, 2.24) is 0 Å². The van der Waals surface area contributed by atoms with E-state index in [4.69, 9.17) is 9.47 Å². The SMILES string of the molecule is CCOC(=O)c1c(NC(=O)COc2ccc([N+](=O)[O-])cc2)sc2c1CC[C@@H](CC)C2. The minimum Gasteiger partial charge on any atom is -0.484 e. The fraction of sp³-hybridized carbons (Fsp3) is 0.429. The number of carbonyl (C=O) groups is 2. The summed E-state index contributed by atoms with van der Waals surface area (Å²) in [5.74, 6) is 0.0962. The Balaban J connectivity index is 1.71. The number of anilines is 1. The van der Waals surface area contributed by atoms with E-state index in [-0.39, 0.29) is 18.9 Å². The molecule has 0 spiro atoms. The molecule has 0 aliphatic heterocycles. The number of rotatable bonds is 8. The second kappa shape index (κ2) is 9.71. The highest BCUT2D eigenvalue weighted by Gasteiger charge is 2.29. The Hall–Kier alpha value is -2.94. The molecule has 1 aromatic heterocycles. The number of nitro groups is 1. The van der Waals surface area contributed by atoms with Crippen molar-refractivity contribution in [2.45, 2.75) is 39.5 Å². The summed E-state index contributed by atoms with van der Waals surface area (Å²) >= 11 is 1.43. The molecule has 3 rings (SSSR count). The molecule has 0 saturated heterocycles. The summed E-state index contributed by atoms with van der Waals surface area (Å²) in [6.45, 7) is 3.89. The van der Waals surface area contributed by atoms with Crippen LogP contribution in [0.15, 0.2) is 24.3 Å². The summed E-state index contributed by atoms with van der Waals surface area (Å²) in [5.41, 5.74) is 1.38. The molecule has 0 saturated carbocycles. The Morgan fingerprint density at radius 1 is 1.27 bits per heavy atom. The molecular weight excluding hydrogens is 408 g/mol. The molecule has 0 radical (unpaired) electrons. The molecule has 160 valence electrons. The molecule has 0 bridgehead atoms. The third kappa shape index (κ3) is 4.96. The van der Waals surface area contributed by atoms with Gasteiger partial charge >= 0.3 is 5.97 Å². The molecule has 0 fully saturated rings. The van der Waals surface area contributed by atoms with E-state index in [1.807, 2.05) is 0 Å². The van der Waals surface area contributed by atoms with Crippen molar-refractivity contribution in [2.24, 2.45) is 5.92 Å². The molecule has 2 aromatic rings. The molecule has 1 N–H and O–H groups in total. The van der Waals surface area contributed by atoms with Gasteiger partial charge in [-0.15, -0.1) is 11.3 Å². The number of amides is 1. The number of thiophene rings is 1. The van der Waals surface area contributed by atoms with E-state index in [0.717, 1.165) is 36.1 Å². The van der Waals surface area contributed by atoms with Gasteiger partial charge in [-0.1, -0.05) is 13.3 Å². The van der Waals surface area contributed by atoms with Crippen molar-refractivity contribution in [2.75, 3.05) is 18.5 Å². The lowest BCUT2D eigenvalue weighted by Gasteiger charge is -2.20. The highest BCUT2D eigenvalue weighted by Crippen LogP contribution is 2.40. The van der Waals surface area contributed by atoms with E-state index in [9.17, 15) is 19.7 Å². The molecule has 1 amide bonds. The minimum absolute atomic E-state index is 0.0552. The Morgan fingerprint density at radius 3 is 2.63 bits per heavy atom. The molecule has 1 aliphatic carbocycles. The molecule has 1 aliphatic rings. The third-order valence-corrected chi connectivity index (χ3v) is 6.26. The maximum Gasteiger partial charge on any atom is 0.341 e. The van der Waals surface area contributed by atoms with Crippen LogP contribution in [0.2, 0.25) is 0 Å². The van der Waals surface area contributed by atoms with Crippen LogP contribution in [-0.4, -0.2) is 30.0 Å². The first-order chi connectivity index (χ1) is 14.4. The lowest BCUT2D eigenvalue weighted by Crippen LogP contribution is -2.21. The van der Waals surface area contributed by atoms with E-state index in [2.05, 4.69) is 12.2 Å². The first-order valence-electron chi connectivity index (χ1n) is 9.91. The number of benzene rings is 1. The third-order valence-electron chi connectivity index (χ3n) is 5.09. The summed E-state index contributed by atoms with van der Waals surface area (Å²) in [5, 5.41) is 14.0. The van der Waals surface area contributed by atoms with Crippen LogP contribution >= 0.6 is 11.3 Å². The first-order valence-corrected chi connectivity index (χ1v) is 10.7. The highest BCUT2D eigenvalue weighted by atomic mass is 32.1. The molecule has 9 heteroatoms. The number of ether oxygens (including phenoxy) is 2. The Bertz CT molecular complexity index is 938. The van der Waals surface area contributed by atoms with Gasteiger partial charge in [-0.05, 0) is 49.8 Å². The van der Waals surface area contributed by atoms with Gasteiger partial charge in [-0.2, -0.15) is 0 Å². The van der Waals surface area contributed by atoms with Crippen LogP contribution in [0.25, 0.3) is 0 Å². The highest BCUT2D eigenvalue weighted by molar-refractivity contribution is 7.17. The zero-order valence-electron chi connectivity index (χ0n) is 16.9. The van der Waals surface area contributed by atoms with Gasteiger partial charge in [0.05, 0.1) is 17.1 Å². The topological polar surface area (TPSA) is 108 Å². The van der Waals surface area contributed by atoms with Gasteiger partial charge in [0.2, 0.25) is 0 Å². The van der Waals surface area contributed by atoms with Crippen molar-refractivity contribution >= 4 is 33.9 Å². The van der Waals surface area contributed by atoms with Crippen LogP contribution in [-0.2, 0) is 22.4 Å². The largest absolute Gasteiger partial charge is 0.484 e. The predicted octanol–water partition coefficient (Wildman–Crippen LogP) is 4.37. The zero-order chi connectivity index (χ0) is 21.7. The molecule has 1 heterocycles. The second-order valence-corrected chi connectivity index (χ2v) is 8.14. The molecule has 30 heavy (non-hydrogen) atoms. The standard InChI is InChI=1S/C21H24N2O6S/c1-3-13-5-10-16-17(11-13)30-20(19(16)21(25)28-4-2)22-18(24)12-29-15-8-6-14(7-9-15)23(26)27/h6-9,13H,3-5,10-12H2,1-2H3,(H,22,24)/t13-/m1/s1. The van der Waals surface area contributed by atoms with Gasteiger partial charge in [0.25, 0.3) is 11.6 Å². The van der Waals surface area contributed by atoms with E-state index >= 15 is 0 Å². The van der Waals surface area contributed by atoms with Gasteiger partial charge in [0.1, 0.15) is 10.8 Å². The summed E-state index contributed by atoms with van der Waals surface area (Å²) in [7, 11) is 0. The molecule has 1 aromatic carbocycles. The Labute approximate surface area is 178 Å².